The van der Waals surface area contributed by atoms with Crippen LogP contribution in [0.2, 0.25) is 0 Å². The average molecular weight is 415 g/mol. The Morgan fingerprint density at radius 1 is 1.17 bits per heavy atom. The fourth-order valence-corrected chi connectivity index (χ4v) is 3.64. The van der Waals surface area contributed by atoms with E-state index in [2.05, 4.69) is 15.6 Å². The van der Waals surface area contributed by atoms with Crippen molar-refractivity contribution in [3.63, 3.8) is 0 Å². The van der Waals surface area contributed by atoms with Gasteiger partial charge in [0.05, 0.1) is 12.1 Å². The van der Waals surface area contributed by atoms with Gasteiger partial charge < -0.3 is 15.5 Å². The zero-order valence-electron chi connectivity index (χ0n) is 16.9. The third-order valence-electron chi connectivity index (χ3n) is 4.45. The Morgan fingerprint density at radius 3 is 2.48 bits per heavy atom. The first-order valence-electron chi connectivity index (χ1n) is 9.73. The number of benzene rings is 1. The van der Waals surface area contributed by atoms with Crippen LogP contribution >= 0.6 is 11.3 Å². The van der Waals surface area contributed by atoms with Crippen LogP contribution in [0.4, 0.5) is 5.13 Å². The van der Waals surface area contributed by atoms with Crippen LogP contribution in [0.15, 0.2) is 29.6 Å². The van der Waals surface area contributed by atoms with Crippen molar-refractivity contribution in [2.24, 2.45) is 0 Å². The summed E-state index contributed by atoms with van der Waals surface area (Å²) < 4.78 is 0. The molecule has 29 heavy (non-hydrogen) atoms. The standard InChI is InChI=1S/C21H26N4O3S/c1-13(2)22-18(26)10-16-12-29-21(23-16)24-19(27)11-25(17-8-9-17)20(28)15-6-4-14(3)5-7-15/h4-7,12-13,17H,8-11H2,1-3H3,(H,22,26)(H,23,24,27). The summed E-state index contributed by atoms with van der Waals surface area (Å²) in [7, 11) is 0. The minimum Gasteiger partial charge on any atom is -0.354 e. The summed E-state index contributed by atoms with van der Waals surface area (Å²) >= 11 is 1.27. The molecule has 3 amide bonds. The summed E-state index contributed by atoms with van der Waals surface area (Å²) in [5.74, 6) is -0.524. The number of nitrogens with one attached hydrogen (secondary N) is 2. The summed E-state index contributed by atoms with van der Waals surface area (Å²) in [5.41, 5.74) is 2.28. The van der Waals surface area contributed by atoms with Crippen LogP contribution in [0.25, 0.3) is 0 Å². The van der Waals surface area contributed by atoms with Gasteiger partial charge in [0.15, 0.2) is 5.13 Å². The Hall–Kier alpha value is -2.74. The second kappa shape index (κ2) is 9.17. The Balaban J connectivity index is 1.58. The highest BCUT2D eigenvalue weighted by Crippen LogP contribution is 2.28. The largest absolute Gasteiger partial charge is 0.354 e. The first kappa shape index (κ1) is 21.0. The third kappa shape index (κ3) is 6.12. The maximum atomic E-state index is 12.8. The van der Waals surface area contributed by atoms with E-state index in [1.165, 1.54) is 11.3 Å². The van der Waals surface area contributed by atoms with Gasteiger partial charge in [-0.25, -0.2) is 4.98 Å². The molecule has 2 aromatic rings. The number of rotatable bonds is 8. The molecule has 1 aromatic carbocycles. The fraction of sp³-hybridized carbons (Fsp3) is 0.429. The van der Waals surface area contributed by atoms with Crippen molar-refractivity contribution in [2.45, 2.75) is 52.1 Å². The Kier molecular flexibility index (Phi) is 6.64. The fourth-order valence-electron chi connectivity index (χ4n) is 2.91. The lowest BCUT2D eigenvalue weighted by Gasteiger charge is -2.21. The zero-order valence-corrected chi connectivity index (χ0v) is 17.7. The molecule has 1 aliphatic carbocycles. The molecule has 1 aliphatic rings. The van der Waals surface area contributed by atoms with E-state index in [0.717, 1.165) is 18.4 Å². The van der Waals surface area contributed by atoms with E-state index in [4.69, 9.17) is 0 Å². The Labute approximate surface area is 174 Å². The minimum atomic E-state index is -0.287. The van der Waals surface area contributed by atoms with E-state index < -0.39 is 0 Å². The van der Waals surface area contributed by atoms with Crippen molar-refractivity contribution in [1.29, 1.82) is 0 Å². The van der Waals surface area contributed by atoms with Crippen LogP contribution < -0.4 is 10.6 Å². The molecule has 0 spiro atoms. The number of aryl methyl sites for hydroxylation is 1. The van der Waals surface area contributed by atoms with E-state index in [0.29, 0.717) is 16.4 Å². The van der Waals surface area contributed by atoms with Crippen LogP contribution in [0.1, 0.15) is 48.3 Å². The zero-order chi connectivity index (χ0) is 21.0. The molecule has 0 radical (unpaired) electrons. The van der Waals surface area contributed by atoms with Crippen LogP contribution in [-0.4, -0.2) is 46.2 Å². The quantitative estimate of drug-likeness (QED) is 0.695. The van der Waals surface area contributed by atoms with Gasteiger partial charge in [-0.05, 0) is 45.7 Å². The first-order chi connectivity index (χ1) is 13.8. The average Bonchev–Trinajstić information content (AvgIpc) is 3.40. The molecule has 0 unspecified atom stereocenters. The smallest absolute Gasteiger partial charge is 0.254 e. The molecule has 3 rings (SSSR count). The normalized spacial score (nSPS) is 13.2. The number of hydrogen-bond acceptors (Lipinski definition) is 5. The summed E-state index contributed by atoms with van der Waals surface area (Å²) in [5, 5.41) is 7.75. The van der Waals surface area contributed by atoms with Gasteiger partial charge in [-0.2, -0.15) is 0 Å². The predicted molar refractivity (Wildman–Crippen MR) is 113 cm³/mol. The monoisotopic (exact) mass is 414 g/mol. The second-order valence-electron chi connectivity index (χ2n) is 7.62. The van der Waals surface area contributed by atoms with Crippen LogP contribution in [-0.2, 0) is 16.0 Å². The van der Waals surface area contributed by atoms with E-state index in [9.17, 15) is 14.4 Å². The van der Waals surface area contributed by atoms with Gasteiger partial charge in [0.25, 0.3) is 5.91 Å². The van der Waals surface area contributed by atoms with Crippen molar-refractivity contribution in [1.82, 2.24) is 15.2 Å². The maximum Gasteiger partial charge on any atom is 0.254 e. The van der Waals surface area contributed by atoms with E-state index in [-0.39, 0.29) is 42.8 Å². The summed E-state index contributed by atoms with van der Waals surface area (Å²) in [6.45, 7) is 5.75. The number of anilines is 1. The topological polar surface area (TPSA) is 91.4 Å². The molecule has 1 heterocycles. The van der Waals surface area contributed by atoms with E-state index in [1.807, 2.05) is 32.9 Å². The molecule has 8 heteroatoms. The van der Waals surface area contributed by atoms with Crippen molar-refractivity contribution >= 4 is 34.2 Å². The molecular formula is C21H26N4O3S. The van der Waals surface area contributed by atoms with Crippen LogP contribution in [0.3, 0.4) is 0 Å². The number of carbonyl (C=O) groups is 3. The van der Waals surface area contributed by atoms with E-state index in [1.54, 1.807) is 22.4 Å². The van der Waals surface area contributed by atoms with Gasteiger partial charge >= 0.3 is 0 Å². The van der Waals surface area contributed by atoms with Gasteiger partial charge in [-0.3, -0.25) is 14.4 Å². The summed E-state index contributed by atoms with van der Waals surface area (Å²) in [4.78, 5) is 43.1. The van der Waals surface area contributed by atoms with Gasteiger partial charge in [0.2, 0.25) is 11.8 Å². The number of aromatic nitrogens is 1. The lowest BCUT2D eigenvalue weighted by Crippen LogP contribution is -2.39. The molecule has 0 aliphatic heterocycles. The molecule has 1 aromatic heterocycles. The van der Waals surface area contributed by atoms with Gasteiger partial charge in [0, 0.05) is 23.0 Å². The predicted octanol–water partition coefficient (Wildman–Crippen LogP) is 2.76. The van der Waals surface area contributed by atoms with Crippen LogP contribution in [0, 0.1) is 6.92 Å². The van der Waals surface area contributed by atoms with Gasteiger partial charge in [0.1, 0.15) is 6.54 Å². The number of carbonyl (C=O) groups excluding carboxylic acids is 3. The van der Waals surface area contributed by atoms with Gasteiger partial charge in [-0.1, -0.05) is 17.7 Å². The molecule has 0 saturated heterocycles. The third-order valence-corrected chi connectivity index (χ3v) is 5.26. The summed E-state index contributed by atoms with van der Waals surface area (Å²) in [6.07, 6.45) is 2.00. The number of nitrogens with zero attached hydrogens (tertiary/aromatic N) is 2. The van der Waals surface area contributed by atoms with Crippen molar-refractivity contribution in [3.8, 4) is 0 Å². The number of hydrogen-bond donors (Lipinski definition) is 2. The van der Waals surface area contributed by atoms with E-state index >= 15 is 0 Å². The highest BCUT2D eigenvalue weighted by atomic mass is 32.1. The van der Waals surface area contributed by atoms with Crippen molar-refractivity contribution in [2.75, 3.05) is 11.9 Å². The Morgan fingerprint density at radius 2 is 1.86 bits per heavy atom. The molecule has 2 N–H and O–H groups in total. The SMILES string of the molecule is Cc1ccc(C(=O)N(CC(=O)Nc2nc(CC(=O)NC(C)C)cs2)C2CC2)cc1. The minimum absolute atomic E-state index is 0.0138. The second-order valence-corrected chi connectivity index (χ2v) is 8.48. The van der Waals surface area contributed by atoms with Crippen LogP contribution in [0.5, 0.6) is 0 Å². The Bertz CT molecular complexity index is 888. The molecule has 1 fully saturated rings. The first-order valence-corrected chi connectivity index (χ1v) is 10.6. The number of amides is 3. The highest BCUT2D eigenvalue weighted by Gasteiger charge is 2.34. The van der Waals surface area contributed by atoms with Gasteiger partial charge in [-0.15, -0.1) is 11.3 Å². The summed E-state index contributed by atoms with van der Waals surface area (Å²) in [6, 6.07) is 7.55. The lowest BCUT2D eigenvalue weighted by molar-refractivity contribution is -0.121. The molecule has 154 valence electrons. The molecule has 7 nitrogen and oxygen atoms in total. The highest BCUT2D eigenvalue weighted by molar-refractivity contribution is 7.13. The molecule has 0 atom stereocenters. The van der Waals surface area contributed by atoms with Crippen molar-refractivity contribution in [3.05, 3.63) is 46.5 Å². The molecule has 1 saturated carbocycles. The lowest BCUT2D eigenvalue weighted by atomic mass is 10.1. The maximum absolute atomic E-state index is 12.8. The van der Waals surface area contributed by atoms with Crippen molar-refractivity contribution < 1.29 is 14.4 Å². The molecular weight excluding hydrogens is 388 g/mol. The molecule has 0 bridgehead atoms. The number of thiazole rings is 1.